The lowest BCUT2D eigenvalue weighted by Gasteiger charge is -2.12. The Kier molecular flexibility index (Phi) is 6.67. The third-order valence-electron chi connectivity index (χ3n) is 2.49. The monoisotopic (exact) mass is 285 g/mol. The number of carbonyl (C=O) groups excluding carboxylic acids is 1. The van der Waals surface area contributed by atoms with E-state index in [1.165, 1.54) is 0 Å². The molecule has 0 bridgehead atoms. The normalized spacial score (nSPS) is 12.3. The Labute approximate surface area is 119 Å². The highest BCUT2D eigenvalue weighted by molar-refractivity contribution is 6.30. The number of hydrogen-bond acceptors (Lipinski definition) is 3. The Bertz CT molecular complexity index is 392. The van der Waals surface area contributed by atoms with Crippen molar-refractivity contribution in [2.45, 2.75) is 25.3 Å². The van der Waals surface area contributed by atoms with Crippen LogP contribution in [0.25, 0.3) is 0 Å². The number of halogens is 1. The molecule has 0 aliphatic carbocycles. The minimum absolute atomic E-state index is 0.158. The van der Waals surface area contributed by atoms with Crippen molar-refractivity contribution in [2.24, 2.45) is 0 Å². The first-order valence-electron chi connectivity index (χ1n) is 6.22. The standard InChI is InChI=1S/C14H20ClNO3/c1-10(2)19-9-8-16-14(17)13(15)11-4-6-12(18-3)7-5-11/h4-7,10,13H,8-9H2,1-3H3,(H,16,17). The number of alkyl halides is 1. The summed E-state index contributed by atoms with van der Waals surface area (Å²) in [5.74, 6) is 0.512. The molecule has 0 aliphatic rings. The van der Waals surface area contributed by atoms with E-state index >= 15 is 0 Å². The largest absolute Gasteiger partial charge is 0.497 e. The number of amides is 1. The van der Waals surface area contributed by atoms with Crippen LogP contribution >= 0.6 is 11.6 Å². The molecule has 0 fully saturated rings. The van der Waals surface area contributed by atoms with E-state index in [1.54, 1.807) is 31.4 Å². The van der Waals surface area contributed by atoms with Gasteiger partial charge in [-0.15, -0.1) is 11.6 Å². The van der Waals surface area contributed by atoms with Crippen LogP contribution in [0.1, 0.15) is 24.8 Å². The Balaban J connectivity index is 2.42. The number of methoxy groups -OCH3 is 1. The van der Waals surface area contributed by atoms with Gasteiger partial charge in [0.1, 0.15) is 11.1 Å². The molecule has 0 radical (unpaired) electrons. The number of nitrogens with one attached hydrogen (secondary N) is 1. The van der Waals surface area contributed by atoms with Crippen molar-refractivity contribution in [2.75, 3.05) is 20.3 Å². The highest BCUT2D eigenvalue weighted by Gasteiger charge is 2.17. The van der Waals surface area contributed by atoms with Crippen molar-refractivity contribution in [3.05, 3.63) is 29.8 Å². The molecule has 1 atom stereocenters. The van der Waals surface area contributed by atoms with E-state index in [1.807, 2.05) is 13.8 Å². The van der Waals surface area contributed by atoms with Crippen molar-refractivity contribution in [3.8, 4) is 5.75 Å². The smallest absolute Gasteiger partial charge is 0.242 e. The van der Waals surface area contributed by atoms with Crippen LogP contribution in [0.3, 0.4) is 0 Å². The molecule has 19 heavy (non-hydrogen) atoms. The minimum atomic E-state index is -0.704. The fourth-order valence-electron chi connectivity index (χ4n) is 1.48. The highest BCUT2D eigenvalue weighted by Crippen LogP contribution is 2.22. The summed E-state index contributed by atoms with van der Waals surface area (Å²) in [6, 6.07) is 7.11. The van der Waals surface area contributed by atoms with E-state index < -0.39 is 5.38 Å². The average Bonchev–Trinajstić information content (AvgIpc) is 2.42. The molecule has 5 heteroatoms. The second kappa shape index (κ2) is 8.02. The Hall–Kier alpha value is -1.26. The molecule has 0 spiro atoms. The van der Waals surface area contributed by atoms with E-state index in [4.69, 9.17) is 21.1 Å². The van der Waals surface area contributed by atoms with Gasteiger partial charge < -0.3 is 14.8 Å². The van der Waals surface area contributed by atoms with E-state index in [0.29, 0.717) is 13.2 Å². The van der Waals surface area contributed by atoms with Crippen molar-refractivity contribution < 1.29 is 14.3 Å². The average molecular weight is 286 g/mol. The van der Waals surface area contributed by atoms with Crippen LogP contribution in [-0.4, -0.2) is 32.3 Å². The molecule has 1 aromatic rings. The van der Waals surface area contributed by atoms with Gasteiger partial charge in [0.15, 0.2) is 0 Å². The summed E-state index contributed by atoms with van der Waals surface area (Å²) in [6.07, 6.45) is 0.158. The molecule has 106 valence electrons. The van der Waals surface area contributed by atoms with Crippen LogP contribution in [-0.2, 0) is 9.53 Å². The van der Waals surface area contributed by atoms with Gasteiger partial charge in [-0.05, 0) is 31.5 Å². The fraction of sp³-hybridized carbons (Fsp3) is 0.500. The summed E-state index contributed by atoms with van der Waals surface area (Å²) in [5, 5.41) is 2.03. The Morgan fingerprint density at radius 3 is 2.47 bits per heavy atom. The molecule has 1 amide bonds. The van der Waals surface area contributed by atoms with E-state index in [0.717, 1.165) is 11.3 Å². The van der Waals surface area contributed by atoms with Crippen LogP contribution in [0.5, 0.6) is 5.75 Å². The van der Waals surface area contributed by atoms with Gasteiger partial charge in [0.2, 0.25) is 5.91 Å². The molecule has 4 nitrogen and oxygen atoms in total. The van der Waals surface area contributed by atoms with E-state index in [-0.39, 0.29) is 12.0 Å². The second-order valence-corrected chi connectivity index (χ2v) is 4.78. The number of hydrogen-bond donors (Lipinski definition) is 1. The molecule has 0 heterocycles. The molecular formula is C14H20ClNO3. The zero-order chi connectivity index (χ0) is 14.3. The van der Waals surface area contributed by atoms with Gasteiger partial charge in [-0.1, -0.05) is 12.1 Å². The first-order valence-corrected chi connectivity index (χ1v) is 6.65. The van der Waals surface area contributed by atoms with Crippen LogP contribution in [0.15, 0.2) is 24.3 Å². The lowest BCUT2D eigenvalue weighted by atomic mass is 10.1. The summed E-state index contributed by atoms with van der Waals surface area (Å²) in [5.41, 5.74) is 0.741. The van der Waals surface area contributed by atoms with Crippen molar-refractivity contribution >= 4 is 17.5 Å². The van der Waals surface area contributed by atoms with Gasteiger partial charge in [-0.2, -0.15) is 0 Å². The number of carbonyl (C=O) groups is 1. The van der Waals surface area contributed by atoms with Gasteiger partial charge in [0, 0.05) is 6.54 Å². The molecule has 0 aromatic heterocycles. The van der Waals surface area contributed by atoms with Gasteiger partial charge in [0.25, 0.3) is 0 Å². The molecule has 1 rings (SSSR count). The summed E-state index contributed by atoms with van der Waals surface area (Å²) < 4.78 is 10.4. The van der Waals surface area contributed by atoms with Gasteiger partial charge in [0.05, 0.1) is 19.8 Å². The van der Waals surface area contributed by atoms with Crippen molar-refractivity contribution in [1.29, 1.82) is 0 Å². The van der Waals surface area contributed by atoms with Crippen molar-refractivity contribution in [1.82, 2.24) is 5.32 Å². The van der Waals surface area contributed by atoms with Crippen LogP contribution < -0.4 is 10.1 Å². The molecule has 1 aromatic carbocycles. The molecule has 0 saturated heterocycles. The predicted octanol–water partition coefficient (Wildman–Crippen LogP) is 2.52. The van der Waals surface area contributed by atoms with Gasteiger partial charge >= 0.3 is 0 Å². The van der Waals surface area contributed by atoms with Crippen LogP contribution in [0.2, 0.25) is 0 Å². The van der Waals surface area contributed by atoms with Gasteiger partial charge in [-0.3, -0.25) is 4.79 Å². The quantitative estimate of drug-likeness (QED) is 0.618. The zero-order valence-electron chi connectivity index (χ0n) is 11.5. The summed E-state index contributed by atoms with van der Waals surface area (Å²) in [6.45, 7) is 4.83. The maximum Gasteiger partial charge on any atom is 0.242 e. The van der Waals surface area contributed by atoms with E-state index in [2.05, 4.69) is 5.32 Å². The summed E-state index contributed by atoms with van der Waals surface area (Å²) in [7, 11) is 1.59. The molecule has 1 unspecified atom stereocenters. The number of benzene rings is 1. The maximum absolute atomic E-state index is 11.8. The highest BCUT2D eigenvalue weighted by atomic mass is 35.5. The summed E-state index contributed by atoms with van der Waals surface area (Å²) in [4.78, 5) is 11.8. The molecule has 1 N–H and O–H groups in total. The maximum atomic E-state index is 11.8. The number of rotatable bonds is 7. The Morgan fingerprint density at radius 2 is 1.95 bits per heavy atom. The topological polar surface area (TPSA) is 47.6 Å². The Morgan fingerprint density at radius 1 is 1.32 bits per heavy atom. The van der Waals surface area contributed by atoms with E-state index in [9.17, 15) is 4.79 Å². The third kappa shape index (κ3) is 5.49. The van der Waals surface area contributed by atoms with Crippen LogP contribution in [0.4, 0.5) is 0 Å². The lowest BCUT2D eigenvalue weighted by Crippen LogP contribution is -2.30. The second-order valence-electron chi connectivity index (χ2n) is 4.35. The van der Waals surface area contributed by atoms with Crippen LogP contribution in [0, 0.1) is 0 Å². The zero-order valence-corrected chi connectivity index (χ0v) is 12.2. The fourth-order valence-corrected chi connectivity index (χ4v) is 1.71. The predicted molar refractivity (Wildman–Crippen MR) is 75.7 cm³/mol. The first-order chi connectivity index (χ1) is 9.04. The lowest BCUT2D eigenvalue weighted by molar-refractivity contribution is -0.121. The molecule has 0 aliphatic heterocycles. The molecule has 0 saturated carbocycles. The van der Waals surface area contributed by atoms with Gasteiger partial charge in [-0.25, -0.2) is 0 Å². The van der Waals surface area contributed by atoms with Crippen molar-refractivity contribution in [3.63, 3.8) is 0 Å². The number of ether oxygens (including phenoxy) is 2. The summed E-state index contributed by atoms with van der Waals surface area (Å²) >= 11 is 6.10. The first kappa shape index (κ1) is 15.8. The SMILES string of the molecule is COc1ccc(C(Cl)C(=O)NCCOC(C)C)cc1. The third-order valence-corrected chi connectivity index (χ3v) is 2.94. The minimum Gasteiger partial charge on any atom is -0.497 e. The molecular weight excluding hydrogens is 266 g/mol.